The Balaban J connectivity index is 1.28. The van der Waals surface area contributed by atoms with E-state index in [1.807, 2.05) is 24.3 Å². The Kier molecular flexibility index (Phi) is 3.23. The first-order chi connectivity index (χ1) is 13.2. The highest BCUT2D eigenvalue weighted by atomic mass is 16.7. The number of carbonyl (C=O) groups excluding carboxylic acids is 1. The molecule has 0 unspecified atom stereocenters. The summed E-state index contributed by atoms with van der Waals surface area (Å²) in [6.07, 6.45) is 13.9. The van der Waals surface area contributed by atoms with Gasteiger partial charge < -0.3 is 9.47 Å². The number of aromatic nitrogens is 1. The highest BCUT2D eigenvalue weighted by Crippen LogP contribution is 2.60. The molecule has 1 aromatic heterocycles. The molecular formula is C23H23NO3. The molecule has 4 bridgehead atoms. The fourth-order valence-corrected chi connectivity index (χ4v) is 6.38. The second-order valence-electron chi connectivity index (χ2n) is 9.10. The number of ether oxygens (including phenoxy) is 2. The second kappa shape index (κ2) is 5.57. The van der Waals surface area contributed by atoms with Crippen molar-refractivity contribution in [2.45, 2.75) is 38.5 Å². The first-order valence-electron chi connectivity index (χ1n) is 10.1. The summed E-state index contributed by atoms with van der Waals surface area (Å²) in [5, 5.41) is 0.910. The van der Waals surface area contributed by atoms with Crippen LogP contribution >= 0.6 is 0 Å². The van der Waals surface area contributed by atoms with Crippen molar-refractivity contribution in [3.63, 3.8) is 0 Å². The molecule has 2 heterocycles. The highest BCUT2D eigenvalue weighted by Gasteiger charge is 2.49. The van der Waals surface area contributed by atoms with Gasteiger partial charge in [0.15, 0.2) is 17.3 Å². The largest absolute Gasteiger partial charge is 0.454 e. The Labute approximate surface area is 158 Å². The molecule has 1 aliphatic heterocycles. The molecule has 138 valence electrons. The molecular weight excluding hydrogens is 338 g/mol. The predicted octanol–water partition coefficient (Wildman–Crippen LogP) is 4.92. The van der Waals surface area contributed by atoms with Crippen molar-refractivity contribution in [3.8, 4) is 11.5 Å². The van der Waals surface area contributed by atoms with Crippen LogP contribution in [0, 0.1) is 23.2 Å². The van der Waals surface area contributed by atoms with Gasteiger partial charge in [-0.15, -0.1) is 0 Å². The average molecular weight is 361 g/mol. The van der Waals surface area contributed by atoms with Crippen LogP contribution < -0.4 is 9.47 Å². The van der Waals surface area contributed by atoms with Crippen molar-refractivity contribution >= 4 is 16.7 Å². The van der Waals surface area contributed by atoms with E-state index < -0.39 is 0 Å². The maximum absolute atomic E-state index is 12.8. The van der Waals surface area contributed by atoms with Crippen LogP contribution in [0.4, 0.5) is 0 Å². The van der Waals surface area contributed by atoms with Crippen LogP contribution in [0.5, 0.6) is 11.5 Å². The summed E-state index contributed by atoms with van der Waals surface area (Å²) in [7, 11) is 0. The van der Waals surface area contributed by atoms with Crippen molar-refractivity contribution in [1.29, 1.82) is 0 Å². The van der Waals surface area contributed by atoms with Crippen molar-refractivity contribution < 1.29 is 14.3 Å². The predicted molar refractivity (Wildman–Crippen MR) is 102 cm³/mol. The average Bonchev–Trinajstić information content (AvgIpc) is 3.10. The number of allylic oxidation sites excluding steroid dienone is 2. The molecule has 0 N–H and O–H groups in total. The van der Waals surface area contributed by atoms with Crippen molar-refractivity contribution in [2.24, 2.45) is 23.2 Å². The molecule has 0 atom stereocenters. The van der Waals surface area contributed by atoms with Gasteiger partial charge in [-0.1, -0.05) is 6.08 Å². The molecule has 4 heteroatoms. The van der Waals surface area contributed by atoms with Gasteiger partial charge >= 0.3 is 0 Å². The third kappa shape index (κ3) is 2.57. The molecule has 7 rings (SSSR count). The van der Waals surface area contributed by atoms with E-state index in [1.54, 1.807) is 6.20 Å². The lowest BCUT2D eigenvalue weighted by molar-refractivity contribution is -0.0238. The summed E-state index contributed by atoms with van der Waals surface area (Å²) in [6.45, 7) is 0.241. The second-order valence-corrected chi connectivity index (χ2v) is 9.10. The van der Waals surface area contributed by atoms with Crippen LogP contribution in [-0.4, -0.2) is 17.6 Å². The van der Waals surface area contributed by atoms with Gasteiger partial charge in [-0.05, 0) is 79.9 Å². The zero-order chi connectivity index (χ0) is 18.0. The Morgan fingerprint density at radius 2 is 1.67 bits per heavy atom. The standard InChI is InChI=1S/C23H23NO3/c25-20(1-2-23-9-14-3-15(10-23)5-16(4-14)11-23)18-6-17-7-21-22(27-13-26-21)8-19(17)24-12-18/h1-2,6-8,12,14-16H,3-5,9-11,13H2. The molecule has 1 aromatic carbocycles. The fraction of sp³-hybridized carbons (Fsp3) is 0.478. The van der Waals surface area contributed by atoms with Crippen LogP contribution in [0.3, 0.4) is 0 Å². The quantitative estimate of drug-likeness (QED) is 0.575. The molecule has 4 aliphatic carbocycles. The first kappa shape index (κ1) is 15.7. The van der Waals surface area contributed by atoms with E-state index in [2.05, 4.69) is 11.1 Å². The van der Waals surface area contributed by atoms with E-state index in [4.69, 9.17) is 9.47 Å². The number of hydrogen-bond acceptors (Lipinski definition) is 4. The van der Waals surface area contributed by atoms with Crippen molar-refractivity contribution in [3.05, 3.63) is 42.1 Å². The van der Waals surface area contributed by atoms with E-state index in [1.165, 1.54) is 38.5 Å². The summed E-state index contributed by atoms with van der Waals surface area (Å²) in [6, 6.07) is 5.69. The summed E-state index contributed by atoms with van der Waals surface area (Å²) in [5.41, 5.74) is 1.74. The number of fused-ring (bicyclic) bond motifs is 2. The number of benzene rings is 1. The SMILES string of the molecule is O=C(C=CC12CC3CC(CC(C3)C1)C2)c1cnc2cc3c(cc2c1)OCO3. The van der Waals surface area contributed by atoms with Crippen LogP contribution in [0.25, 0.3) is 10.9 Å². The van der Waals surface area contributed by atoms with Gasteiger partial charge in [-0.2, -0.15) is 0 Å². The van der Waals surface area contributed by atoms with Gasteiger partial charge in [0.05, 0.1) is 5.52 Å². The van der Waals surface area contributed by atoms with Gasteiger partial charge in [-0.25, -0.2) is 0 Å². The monoisotopic (exact) mass is 361 g/mol. The molecule has 0 amide bonds. The third-order valence-corrected chi connectivity index (χ3v) is 7.13. The van der Waals surface area contributed by atoms with E-state index in [0.29, 0.717) is 5.56 Å². The molecule has 0 radical (unpaired) electrons. The normalized spacial score (nSPS) is 33.3. The van der Waals surface area contributed by atoms with E-state index >= 15 is 0 Å². The minimum Gasteiger partial charge on any atom is -0.454 e. The third-order valence-electron chi connectivity index (χ3n) is 7.13. The number of pyridine rings is 1. The maximum atomic E-state index is 12.8. The van der Waals surface area contributed by atoms with E-state index in [0.717, 1.165) is 40.2 Å². The Bertz CT molecular complexity index is 942. The van der Waals surface area contributed by atoms with Gasteiger partial charge in [0.25, 0.3) is 0 Å². The number of ketones is 1. The zero-order valence-electron chi connectivity index (χ0n) is 15.3. The summed E-state index contributed by atoms with van der Waals surface area (Å²) >= 11 is 0. The summed E-state index contributed by atoms with van der Waals surface area (Å²) in [4.78, 5) is 17.3. The van der Waals surface area contributed by atoms with Crippen LogP contribution in [0.1, 0.15) is 48.9 Å². The first-order valence-corrected chi connectivity index (χ1v) is 10.1. The Morgan fingerprint density at radius 1 is 1.00 bits per heavy atom. The molecule has 4 saturated carbocycles. The van der Waals surface area contributed by atoms with Crippen LogP contribution in [0.15, 0.2) is 36.5 Å². The Morgan fingerprint density at radius 3 is 2.37 bits per heavy atom. The summed E-state index contributed by atoms with van der Waals surface area (Å²) in [5.74, 6) is 4.17. The topological polar surface area (TPSA) is 48.4 Å². The van der Waals surface area contributed by atoms with Crippen LogP contribution in [0.2, 0.25) is 0 Å². The molecule has 2 aromatic rings. The minimum absolute atomic E-state index is 0.0535. The lowest BCUT2D eigenvalue weighted by atomic mass is 9.49. The van der Waals surface area contributed by atoms with Crippen molar-refractivity contribution in [1.82, 2.24) is 4.98 Å². The number of hydrogen-bond donors (Lipinski definition) is 0. The Hall–Kier alpha value is -2.36. The highest BCUT2D eigenvalue weighted by molar-refractivity contribution is 6.06. The minimum atomic E-state index is 0.0535. The molecule has 4 nitrogen and oxygen atoms in total. The molecule has 27 heavy (non-hydrogen) atoms. The maximum Gasteiger partial charge on any atom is 0.231 e. The van der Waals surface area contributed by atoms with E-state index in [9.17, 15) is 4.79 Å². The van der Waals surface area contributed by atoms with Gasteiger partial charge in [0, 0.05) is 23.2 Å². The molecule has 4 fully saturated rings. The van der Waals surface area contributed by atoms with E-state index in [-0.39, 0.29) is 18.0 Å². The van der Waals surface area contributed by atoms with Gasteiger partial charge in [-0.3, -0.25) is 9.78 Å². The lowest BCUT2D eigenvalue weighted by Crippen LogP contribution is -2.45. The summed E-state index contributed by atoms with van der Waals surface area (Å²) < 4.78 is 10.8. The van der Waals surface area contributed by atoms with Crippen LogP contribution in [-0.2, 0) is 0 Å². The van der Waals surface area contributed by atoms with Gasteiger partial charge in [0.2, 0.25) is 6.79 Å². The number of nitrogens with zero attached hydrogens (tertiary/aromatic N) is 1. The molecule has 0 spiro atoms. The smallest absolute Gasteiger partial charge is 0.231 e. The zero-order valence-corrected chi connectivity index (χ0v) is 15.3. The lowest BCUT2D eigenvalue weighted by Gasteiger charge is -2.55. The number of rotatable bonds is 3. The fourth-order valence-electron chi connectivity index (χ4n) is 6.38. The molecule has 5 aliphatic rings. The number of carbonyl (C=O) groups is 1. The van der Waals surface area contributed by atoms with Gasteiger partial charge in [0.1, 0.15) is 0 Å². The van der Waals surface area contributed by atoms with Crippen molar-refractivity contribution in [2.75, 3.05) is 6.79 Å². The molecule has 0 saturated heterocycles.